The zero-order chi connectivity index (χ0) is 25.4. The molecule has 3 aliphatic carbocycles. The third-order valence-corrected chi connectivity index (χ3v) is 9.64. The largest absolute Gasteiger partial charge is 0.508 e. The van der Waals surface area contributed by atoms with Gasteiger partial charge in [-0.25, -0.2) is 0 Å². The molecule has 2 bridgehead atoms. The molecule has 1 unspecified atom stereocenters. The SMILES string of the molecule is CC1(C)[C@H]2CC[C@]1(CS(=O)(=O)O)C(=O)C2.CN(C)CC(c1ccc(O)cc1)C1(O)CCCCC1. The minimum Gasteiger partial charge on any atom is -0.508 e. The minimum absolute atomic E-state index is 0.0152. The maximum Gasteiger partial charge on any atom is 0.265 e. The van der Waals surface area contributed by atoms with Gasteiger partial charge < -0.3 is 15.1 Å². The van der Waals surface area contributed by atoms with Crippen molar-refractivity contribution < 1.29 is 28.0 Å². The molecule has 34 heavy (non-hydrogen) atoms. The second-order valence-corrected chi connectivity index (χ2v) is 12.9. The Labute approximate surface area is 204 Å². The van der Waals surface area contributed by atoms with Crippen molar-refractivity contribution in [3.63, 3.8) is 0 Å². The van der Waals surface area contributed by atoms with Crippen molar-refractivity contribution in [2.75, 3.05) is 26.4 Å². The van der Waals surface area contributed by atoms with Crippen LogP contribution in [0.5, 0.6) is 5.75 Å². The first-order valence-electron chi connectivity index (χ1n) is 12.3. The van der Waals surface area contributed by atoms with Gasteiger partial charge >= 0.3 is 0 Å². The molecule has 3 saturated carbocycles. The summed E-state index contributed by atoms with van der Waals surface area (Å²) in [5.74, 6) is 0.294. The average Bonchev–Trinajstić information content (AvgIpc) is 3.07. The van der Waals surface area contributed by atoms with Gasteiger partial charge in [0.05, 0.1) is 16.8 Å². The van der Waals surface area contributed by atoms with Crippen molar-refractivity contribution in [3.05, 3.63) is 29.8 Å². The van der Waals surface area contributed by atoms with E-state index in [-0.39, 0.29) is 28.8 Å². The number of carbonyl (C=O) groups excluding carboxylic acids is 1. The zero-order valence-corrected chi connectivity index (χ0v) is 21.8. The Balaban J connectivity index is 0.000000196. The number of ketones is 1. The number of Topliss-reactive ketones (excluding diaryl/α,β-unsaturated/α-hetero) is 1. The van der Waals surface area contributed by atoms with Gasteiger partial charge in [0.1, 0.15) is 11.5 Å². The number of hydrogen-bond donors (Lipinski definition) is 3. The summed E-state index contributed by atoms with van der Waals surface area (Å²) in [6.07, 6.45) is 7.18. The molecular weight excluding hydrogens is 454 g/mol. The number of nitrogens with zero attached hydrogens (tertiary/aromatic N) is 1. The molecule has 192 valence electrons. The molecule has 0 aliphatic heterocycles. The van der Waals surface area contributed by atoms with Crippen LogP contribution in [0.4, 0.5) is 0 Å². The molecule has 7 nitrogen and oxygen atoms in total. The number of aliphatic hydroxyl groups is 1. The molecule has 3 fully saturated rings. The first-order valence-corrected chi connectivity index (χ1v) is 14.0. The van der Waals surface area contributed by atoms with E-state index in [0.29, 0.717) is 12.8 Å². The van der Waals surface area contributed by atoms with Crippen molar-refractivity contribution in [1.29, 1.82) is 0 Å². The molecular formula is C26H41NO6S. The lowest BCUT2D eigenvalue weighted by Crippen LogP contribution is -2.42. The summed E-state index contributed by atoms with van der Waals surface area (Å²) in [4.78, 5) is 14.0. The molecule has 1 aromatic rings. The minimum atomic E-state index is -4.08. The normalized spacial score (nSPS) is 28.4. The first-order chi connectivity index (χ1) is 15.7. The molecule has 0 aromatic heterocycles. The number of benzene rings is 1. The Morgan fingerprint density at radius 2 is 1.65 bits per heavy atom. The molecule has 0 heterocycles. The van der Waals surface area contributed by atoms with Crippen LogP contribution in [-0.4, -0.2) is 65.9 Å². The fraction of sp³-hybridized carbons (Fsp3) is 0.731. The molecule has 8 heteroatoms. The van der Waals surface area contributed by atoms with E-state index in [9.17, 15) is 23.4 Å². The van der Waals surface area contributed by atoms with Crippen LogP contribution in [0.1, 0.15) is 76.7 Å². The number of hydrogen-bond acceptors (Lipinski definition) is 6. The highest BCUT2D eigenvalue weighted by Crippen LogP contribution is 2.64. The monoisotopic (exact) mass is 495 g/mol. The summed E-state index contributed by atoms with van der Waals surface area (Å²) in [7, 11) is 0.00633. The predicted octanol–water partition coefficient (Wildman–Crippen LogP) is 4.00. The Kier molecular flexibility index (Phi) is 7.88. The average molecular weight is 496 g/mol. The van der Waals surface area contributed by atoms with E-state index in [4.69, 9.17) is 4.55 Å². The summed E-state index contributed by atoms with van der Waals surface area (Å²) >= 11 is 0. The molecule has 0 amide bonds. The third-order valence-electron chi connectivity index (χ3n) is 8.78. The topological polar surface area (TPSA) is 115 Å². The van der Waals surface area contributed by atoms with Gasteiger partial charge in [0.2, 0.25) is 0 Å². The van der Waals surface area contributed by atoms with E-state index in [2.05, 4.69) is 4.90 Å². The summed E-state index contributed by atoms with van der Waals surface area (Å²) < 4.78 is 31.0. The maximum atomic E-state index is 11.9. The van der Waals surface area contributed by atoms with E-state index >= 15 is 0 Å². The van der Waals surface area contributed by atoms with E-state index in [1.165, 1.54) is 6.42 Å². The Hall–Kier alpha value is -1.48. The number of fused-ring (bicyclic) bond motifs is 2. The lowest BCUT2D eigenvalue weighted by Gasteiger charge is -2.40. The van der Waals surface area contributed by atoms with Gasteiger partial charge in [-0.15, -0.1) is 0 Å². The Morgan fingerprint density at radius 3 is 2.09 bits per heavy atom. The smallest absolute Gasteiger partial charge is 0.265 e. The molecule has 3 atom stereocenters. The van der Waals surface area contributed by atoms with Crippen molar-refractivity contribution in [1.82, 2.24) is 4.90 Å². The number of aromatic hydroxyl groups is 1. The van der Waals surface area contributed by atoms with E-state index in [1.807, 2.05) is 40.1 Å². The van der Waals surface area contributed by atoms with Crippen LogP contribution in [0.2, 0.25) is 0 Å². The van der Waals surface area contributed by atoms with Gasteiger partial charge in [0.25, 0.3) is 10.1 Å². The van der Waals surface area contributed by atoms with Crippen LogP contribution in [0.25, 0.3) is 0 Å². The van der Waals surface area contributed by atoms with Gasteiger partial charge in [-0.2, -0.15) is 8.42 Å². The molecule has 0 radical (unpaired) electrons. The summed E-state index contributed by atoms with van der Waals surface area (Å²) in [6, 6.07) is 7.31. The Morgan fingerprint density at radius 1 is 1.06 bits per heavy atom. The fourth-order valence-electron chi connectivity index (χ4n) is 6.59. The van der Waals surface area contributed by atoms with Crippen molar-refractivity contribution in [3.8, 4) is 5.75 Å². The zero-order valence-electron chi connectivity index (χ0n) is 21.0. The van der Waals surface area contributed by atoms with E-state index in [1.54, 1.807) is 12.1 Å². The highest BCUT2D eigenvalue weighted by Gasteiger charge is 2.65. The molecule has 0 spiro atoms. The quantitative estimate of drug-likeness (QED) is 0.511. The van der Waals surface area contributed by atoms with E-state index < -0.39 is 26.9 Å². The second kappa shape index (κ2) is 9.88. The van der Waals surface area contributed by atoms with Crippen molar-refractivity contribution >= 4 is 15.9 Å². The standard InChI is InChI=1S/C16H25NO2.C10H16O4S/c1-17(2)12-15(13-6-8-14(18)9-7-13)16(19)10-4-3-5-11-16;1-9(2)7-3-4-10(9,8(11)5-7)6-15(12,13)14/h6-9,15,18-19H,3-5,10-12H2,1-2H3;7H,3-6H2,1-2H3,(H,12,13,14)/t;7-,10-/m.0/s1. The van der Waals surface area contributed by atoms with Gasteiger partial charge in [-0.1, -0.05) is 45.2 Å². The van der Waals surface area contributed by atoms with Crippen LogP contribution in [0, 0.1) is 16.7 Å². The highest BCUT2D eigenvalue weighted by atomic mass is 32.2. The van der Waals surface area contributed by atoms with Crippen LogP contribution < -0.4 is 0 Å². The number of rotatable bonds is 6. The van der Waals surface area contributed by atoms with Crippen LogP contribution in [0.3, 0.4) is 0 Å². The number of likely N-dealkylation sites (N-methyl/N-ethyl adjacent to an activating group) is 1. The van der Waals surface area contributed by atoms with Crippen LogP contribution in [-0.2, 0) is 14.9 Å². The van der Waals surface area contributed by atoms with Crippen LogP contribution >= 0.6 is 0 Å². The fourth-order valence-corrected chi connectivity index (χ4v) is 7.89. The summed E-state index contributed by atoms with van der Waals surface area (Å²) in [5.41, 5.74) is -0.596. The lowest BCUT2D eigenvalue weighted by molar-refractivity contribution is -0.128. The second-order valence-electron chi connectivity index (χ2n) is 11.5. The molecule has 3 aliphatic rings. The number of phenolic OH excluding ortho intramolecular Hbond substituents is 1. The number of phenols is 1. The lowest BCUT2D eigenvalue weighted by atomic mass is 9.70. The first kappa shape index (κ1) is 27.1. The molecule has 1 aromatic carbocycles. The van der Waals surface area contributed by atoms with Gasteiger partial charge in [-0.3, -0.25) is 9.35 Å². The van der Waals surface area contributed by atoms with Crippen molar-refractivity contribution in [2.45, 2.75) is 76.7 Å². The summed E-state index contributed by atoms with van der Waals surface area (Å²) in [5, 5.41) is 20.4. The van der Waals surface area contributed by atoms with E-state index in [0.717, 1.165) is 44.2 Å². The molecule has 0 saturated heterocycles. The highest BCUT2D eigenvalue weighted by molar-refractivity contribution is 7.85. The van der Waals surface area contributed by atoms with Crippen molar-refractivity contribution in [2.24, 2.45) is 16.7 Å². The van der Waals surface area contributed by atoms with Crippen LogP contribution in [0.15, 0.2) is 24.3 Å². The van der Waals surface area contributed by atoms with Gasteiger partial charge in [0, 0.05) is 18.9 Å². The molecule has 4 rings (SSSR count). The van der Waals surface area contributed by atoms with Gasteiger partial charge in [0.15, 0.2) is 0 Å². The van der Waals surface area contributed by atoms with Gasteiger partial charge in [-0.05, 0) is 68.8 Å². The Bertz CT molecular complexity index is 966. The third kappa shape index (κ3) is 5.50. The predicted molar refractivity (Wildman–Crippen MR) is 132 cm³/mol. The number of carbonyl (C=O) groups is 1. The summed E-state index contributed by atoms with van der Waals surface area (Å²) in [6.45, 7) is 4.72. The maximum absolute atomic E-state index is 11.9. The molecule has 3 N–H and O–H groups in total.